The van der Waals surface area contributed by atoms with Crippen LogP contribution in [0.1, 0.15) is 5.56 Å². The van der Waals surface area contributed by atoms with Crippen LogP contribution >= 0.6 is 11.6 Å². The molecule has 1 N–H and O–H groups in total. The third kappa shape index (κ3) is 6.01. The van der Waals surface area contributed by atoms with E-state index in [0.29, 0.717) is 33.5 Å². The van der Waals surface area contributed by atoms with E-state index in [9.17, 15) is 13.2 Å². The maximum absolute atomic E-state index is 13.5. The van der Waals surface area contributed by atoms with Crippen molar-refractivity contribution >= 4 is 38.9 Å². The van der Waals surface area contributed by atoms with Crippen LogP contribution in [0, 0.1) is 6.92 Å². The quantitative estimate of drug-likeness (QED) is 0.305. The van der Waals surface area contributed by atoms with Crippen LogP contribution in [-0.4, -0.2) is 20.9 Å². The largest absolute Gasteiger partial charge is 0.457 e. The summed E-state index contributed by atoms with van der Waals surface area (Å²) in [5.74, 6) is 0.819. The zero-order valence-electron chi connectivity index (χ0n) is 18.9. The van der Waals surface area contributed by atoms with E-state index in [0.717, 1.165) is 4.31 Å². The second-order valence-electron chi connectivity index (χ2n) is 7.74. The van der Waals surface area contributed by atoms with E-state index in [1.807, 2.05) is 30.3 Å². The Morgan fingerprint density at radius 1 is 0.857 bits per heavy atom. The van der Waals surface area contributed by atoms with Crippen molar-refractivity contribution in [1.82, 2.24) is 0 Å². The van der Waals surface area contributed by atoms with Gasteiger partial charge in [-0.2, -0.15) is 0 Å². The van der Waals surface area contributed by atoms with Crippen LogP contribution in [0.4, 0.5) is 11.4 Å². The molecule has 0 fully saturated rings. The molecule has 35 heavy (non-hydrogen) atoms. The minimum absolute atomic E-state index is 0.0876. The second-order valence-corrected chi connectivity index (χ2v) is 10.0. The van der Waals surface area contributed by atoms with E-state index in [1.165, 1.54) is 12.1 Å². The van der Waals surface area contributed by atoms with Crippen molar-refractivity contribution in [3.8, 4) is 11.5 Å². The molecule has 4 rings (SSSR count). The SMILES string of the molecule is Cc1cc(Cl)ccc1N(CC(=O)Nc1ccc(Oc2ccccc2)cc1)S(=O)(=O)c1ccccc1. The van der Waals surface area contributed by atoms with E-state index in [-0.39, 0.29) is 4.90 Å². The van der Waals surface area contributed by atoms with E-state index < -0.39 is 22.5 Å². The summed E-state index contributed by atoms with van der Waals surface area (Å²) in [6.07, 6.45) is 0. The summed E-state index contributed by atoms with van der Waals surface area (Å²) in [4.78, 5) is 13.0. The molecule has 0 heterocycles. The molecule has 0 aliphatic carbocycles. The van der Waals surface area contributed by atoms with Crippen LogP contribution < -0.4 is 14.4 Å². The zero-order valence-corrected chi connectivity index (χ0v) is 20.5. The average Bonchev–Trinajstić information content (AvgIpc) is 2.85. The number of ether oxygens (including phenoxy) is 1. The molecular formula is C27H23ClN2O4S. The summed E-state index contributed by atoms with van der Waals surface area (Å²) in [7, 11) is -4.01. The number of carbonyl (C=O) groups excluding carboxylic acids is 1. The van der Waals surface area contributed by atoms with Crippen LogP contribution in [0.5, 0.6) is 11.5 Å². The third-order valence-electron chi connectivity index (χ3n) is 5.16. The number of hydrogen-bond acceptors (Lipinski definition) is 4. The first-order valence-electron chi connectivity index (χ1n) is 10.8. The van der Waals surface area contributed by atoms with E-state index in [1.54, 1.807) is 67.6 Å². The standard InChI is InChI=1S/C27H23ClN2O4S/c1-20-18-21(28)12-17-26(20)30(35(32,33)25-10-6-3-7-11-25)19-27(31)29-22-13-15-24(16-14-22)34-23-8-4-2-5-9-23/h2-18H,19H2,1H3,(H,29,31). The number of nitrogens with one attached hydrogen (secondary N) is 1. The Hall–Kier alpha value is -3.81. The topological polar surface area (TPSA) is 75.7 Å². The summed E-state index contributed by atoms with van der Waals surface area (Å²) in [6, 6.07) is 29.0. The number of rotatable bonds is 8. The molecule has 0 unspecified atom stereocenters. The lowest BCUT2D eigenvalue weighted by molar-refractivity contribution is -0.114. The van der Waals surface area contributed by atoms with Crippen molar-refractivity contribution in [3.05, 3.63) is 114 Å². The molecule has 0 atom stereocenters. The molecule has 0 saturated heterocycles. The smallest absolute Gasteiger partial charge is 0.264 e. The average molecular weight is 507 g/mol. The van der Waals surface area contributed by atoms with Crippen molar-refractivity contribution in [2.45, 2.75) is 11.8 Å². The Bertz CT molecular complexity index is 1410. The molecule has 4 aromatic carbocycles. The minimum Gasteiger partial charge on any atom is -0.457 e. The van der Waals surface area contributed by atoms with Gasteiger partial charge in [-0.05, 0) is 79.2 Å². The Labute approximate surface area is 209 Å². The van der Waals surface area contributed by atoms with Crippen molar-refractivity contribution in [2.75, 3.05) is 16.2 Å². The van der Waals surface area contributed by atoms with Gasteiger partial charge in [0.15, 0.2) is 0 Å². The van der Waals surface area contributed by atoms with Gasteiger partial charge in [-0.15, -0.1) is 0 Å². The number of carbonyl (C=O) groups is 1. The number of nitrogens with zero attached hydrogens (tertiary/aromatic N) is 1. The summed E-state index contributed by atoms with van der Waals surface area (Å²) in [6.45, 7) is 1.33. The number of benzene rings is 4. The number of halogens is 1. The normalized spacial score (nSPS) is 11.0. The van der Waals surface area contributed by atoms with Crippen LogP contribution in [0.15, 0.2) is 108 Å². The van der Waals surface area contributed by atoms with Crippen LogP contribution in [-0.2, 0) is 14.8 Å². The number of sulfonamides is 1. The summed E-state index contributed by atoms with van der Waals surface area (Å²) in [5.41, 5.74) is 1.52. The molecule has 0 aromatic heterocycles. The fraction of sp³-hybridized carbons (Fsp3) is 0.0741. The van der Waals surface area contributed by atoms with Gasteiger partial charge in [0.25, 0.3) is 10.0 Å². The van der Waals surface area contributed by atoms with Gasteiger partial charge in [0.1, 0.15) is 18.0 Å². The molecule has 0 saturated carbocycles. The Balaban J connectivity index is 1.54. The van der Waals surface area contributed by atoms with Gasteiger partial charge >= 0.3 is 0 Å². The highest BCUT2D eigenvalue weighted by molar-refractivity contribution is 7.92. The number of amides is 1. The maximum Gasteiger partial charge on any atom is 0.264 e. The predicted octanol–water partition coefficient (Wildman–Crippen LogP) is 6.27. The fourth-order valence-corrected chi connectivity index (χ4v) is 5.21. The Morgan fingerprint density at radius 3 is 2.09 bits per heavy atom. The van der Waals surface area contributed by atoms with E-state index >= 15 is 0 Å². The predicted molar refractivity (Wildman–Crippen MR) is 139 cm³/mol. The Kier molecular flexibility index (Phi) is 7.39. The van der Waals surface area contributed by atoms with E-state index in [4.69, 9.17) is 16.3 Å². The first kappa shape index (κ1) is 24.3. The van der Waals surface area contributed by atoms with Gasteiger partial charge in [0, 0.05) is 10.7 Å². The van der Waals surface area contributed by atoms with Gasteiger partial charge in [0.2, 0.25) is 5.91 Å². The Morgan fingerprint density at radius 2 is 1.46 bits per heavy atom. The third-order valence-corrected chi connectivity index (χ3v) is 7.17. The highest BCUT2D eigenvalue weighted by atomic mass is 35.5. The molecule has 8 heteroatoms. The second kappa shape index (κ2) is 10.6. The maximum atomic E-state index is 13.5. The minimum atomic E-state index is -4.01. The number of aryl methyl sites for hydroxylation is 1. The monoisotopic (exact) mass is 506 g/mol. The summed E-state index contributed by atoms with van der Waals surface area (Å²) >= 11 is 6.07. The number of hydrogen-bond donors (Lipinski definition) is 1. The number of para-hydroxylation sites is 1. The van der Waals surface area contributed by atoms with Crippen molar-refractivity contribution in [3.63, 3.8) is 0 Å². The van der Waals surface area contributed by atoms with E-state index in [2.05, 4.69) is 5.32 Å². The summed E-state index contributed by atoms with van der Waals surface area (Å²) < 4.78 is 33.8. The molecular weight excluding hydrogens is 484 g/mol. The highest BCUT2D eigenvalue weighted by Crippen LogP contribution is 2.29. The first-order valence-corrected chi connectivity index (χ1v) is 12.6. The van der Waals surface area contributed by atoms with Crippen LogP contribution in [0.25, 0.3) is 0 Å². The highest BCUT2D eigenvalue weighted by Gasteiger charge is 2.28. The molecule has 0 radical (unpaired) electrons. The van der Waals surface area contributed by atoms with Gasteiger partial charge in [-0.3, -0.25) is 9.10 Å². The van der Waals surface area contributed by atoms with Crippen LogP contribution in [0.2, 0.25) is 5.02 Å². The molecule has 1 amide bonds. The van der Waals surface area contributed by atoms with Gasteiger partial charge in [-0.25, -0.2) is 8.42 Å². The molecule has 178 valence electrons. The first-order chi connectivity index (χ1) is 16.8. The van der Waals surface area contributed by atoms with Crippen molar-refractivity contribution in [1.29, 1.82) is 0 Å². The van der Waals surface area contributed by atoms with Crippen LogP contribution in [0.3, 0.4) is 0 Å². The fourth-order valence-electron chi connectivity index (χ4n) is 3.48. The van der Waals surface area contributed by atoms with Gasteiger partial charge in [0.05, 0.1) is 10.6 Å². The molecule has 0 aliphatic rings. The van der Waals surface area contributed by atoms with Gasteiger partial charge < -0.3 is 10.1 Å². The molecule has 0 spiro atoms. The van der Waals surface area contributed by atoms with Crippen molar-refractivity contribution < 1.29 is 17.9 Å². The lowest BCUT2D eigenvalue weighted by Crippen LogP contribution is -2.38. The molecule has 0 bridgehead atoms. The van der Waals surface area contributed by atoms with Crippen molar-refractivity contribution in [2.24, 2.45) is 0 Å². The number of anilines is 2. The summed E-state index contributed by atoms with van der Waals surface area (Å²) in [5, 5.41) is 3.24. The molecule has 4 aromatic rings. The molecule has 0 aliphatic heterocycles. The zero-order chi connectivity index (χ0) is 24.8. The molecule has 6 nitrogen and oxygen atoms in total. The lowest BCUT2D eigenvalue weighted by atomic mass is 10.2. The lowest BCUT2D eigenvalue weighted by Gasteiger charge is -2.25. The van der Waals surface area contributed by atoms with Gasteiger partial charge in [-0.1, -0.05) is 48.0 Å².